The monoisotopic (exact) mass is 767 g/mol. The van der Waals surface area contributed by atoms with Crippen LogP contribution >= 0.6 is 15.9 Å². The summed E-state index contributed by atoms with van der Waals surface area (Å²) in [6, 6.07) is 1.05. The van der Waals surface area contributed by atoms with E-state index in [2.05, 4.69) is 71.0 Å². The number of hydrogen-bond donors (Lipinski definition) is 0. The van der Waals surface area contributed by atoms with E-state index in [4.69, 9.17) is 0 Å². The Kier molecular flexibility index (Phi) is 9.23. The van der Waals surface area contributed by atoms with Crippen molar-refractivity contribution in [1.29, 1.82) is 0 Å². The lowest BCUT2D eigenvalue weighted by atomic mass is 10.2. The van der Waals surface area contributed by atoms with Crippen LogP contribution in [0.15, 0.2) is 16.7 Å². The molecule has 2 aliphatic heterocycles. The average Bonchev–Trinajstić information content (AvgIpc) is 3.89. The first-order valence-electron chi connectivity index (χ1n) is 16.7. The second-order valence-electron chi connectivity index (χ2n) is 12.7. The van der Waals surface area contributed by atoms with E-state index in [-0.39, 0.29) is 5.65 Å². The van der Waals surface area contributed by atoms with Gasteiger partial charge in [0.25, 0.3) is 0 Å². The van der Waals surface area contributed by atoms with Crippen LogP contribution in [0.3, 0.4) is 0 Å². The third-order valence-electron chi connectivity index (χ3n) is 8.97. The number of alkyl halides is 3. The number of anilines is 2. The fourth-order valence-corrected chi connectivity index (χ4v) is 6.27. The summed E-state index contributed by atoms with van der Waals surface area (Å²) in [4.78, 5) is 26.4. The van der Waals surface area contributed by atoms with Crippen molar-refractivity contribution in [3.63, 3.8) is 0 Å². The van der Waals surface area contributed by atoms with E-state index >= 15 is 0 Å². The Morgan fingerprint density at radius 3 is 2.12 bits per heavy atom. The Hall–Kier alpha value is -4.94. The summed E-state index contributed by atoms with van der Waals surface area (Å²) < 4.78 is 46.9. The van der Waals surface area contributed by atoms with Crippen LogP contribution in [0.5, 0.6) is 0 Å². The smallest absolute Gasteiger partial charge is 0.340 e. The zero-order chi connectivity index (χ0) is 36.0. The van der Waals surface area contributed by atoms with Crippen LogP contribution in [-0.4, -0.2) is 89.9 Å². The molecule has 8 rings (SSSR count). The van der Waals surface area contributed by atoms with E-state index in [1.165, 1.54) is 10.9 Å². The maximum absolute atomic E-state index is 13.4. The van der Waals surface area contributed by atoms with Gasteiger partial charge in [0.05, 0.1) is 5.69 Å². The highest BCUT2D eigenvalue weighted by Gasteiger charge is 2.35. The molecule has 0 atom stereocenters. The zero-order valence-electron chi connectivity index (χ0n) is 28.9. The number of aromatic nitrogens is 13. The Morgan fingerprint density at radius 1 is 0.765 bits per heavy atom. The molecule has 0 saturated carbocycles. The first-order chi connectivity index (χ1) is 24.4. The molecule has 8 heterocycles. The first-order valence-corrected chi connectivity index (χ1v) is 17.4. The highest BCUT2D eigenvalue weighted by Crippen LogP contribution is 2.35. The van der Waals surface area contributed by atoms with Gasteiger partial charge in [-0.2, -0.15) is 32.8 Å². The number of nitrogens with zero attached hydrogens (tertiary/aromatic N) is 15. The largest absolute Gasteiger partial charge is 0.420 e. The molecule has 268 valence electrons. The molecule has 6 aromatic heterocycles. The molecular formula is C32H37BrF3N15. The normalized spacial score (nSPS) is 15.0. The molecule has 0 N–H and O–H groups in total. The van der Waals surface area contributed by atoms with Crippen LogP contribution in [0.25, 0.3) is 23.4 Å². The molecule has 2 aliphatic rings. The topological polar surface area (TPSA) is 141 Å². The summed E-state index contributed by atoms with van der Waals surface area (Å²) in [5.74, 6) is 4.84. The van der Waals surface area contributed by atoms with Crippen molar-refractivity contribution in [2.75, 3.05) is 36.0 Å². The molecular weight excluding hydrogens is 731 g/mol. The van der Waals surface area contributed by atoms with Crippen molar-refractivity contribution in [2.45, 2.75) is 59.1 Å². The quantitative estimate of drug-likeness (QED) is 0.225. The van der Waals surface area contributed by atoms with Crippen molar-refractivity contribution >= 4 is 51.3 Å². The van der Waals surface area contributed by atoms with E-state index < -0.39 is 11.7 Å². The summed E-state index contributed by atoms with van der Waals surface area (Å²) in [6.07, 6.45) is 5.41. The fourth-order valence-electron chi connectivity index (χ4n) is 5.88. The van der Waals surface area contributed by atoms with Gasteiger partial charge in [0.1, 0.15) is 17.2 Å². The van der Waals surface area contributed by atoms with Gasteiger partial charge in [-0.25, -0.2) is 24.1 Å². The number of hydrogen-bond acceptors (Lipinski definition) is 11. The van der Waals surface area contributed by atoms with Crippen LogP contribution in [0, 0.1) is 20.8 Å². The molecule has 0 aliphatic carbocycles. The molecule has 0 amide bonds. The second-order valence-corrected chi connectivity index (χ2v) is 13.5. The van der Waals surface area contributed by atoms with E-state index in [1.54, 1.807) is 20.8 Å². The third-order valence-corrected chi connectivity index (χ3v) is 9.77. The Labute approximate surface area is 299 Å². The van der Waals surface area contributed by atoms with Crippen molar-refractivity contribution in [3.8, 4) is 0 Å². The Morgan fingerprint density at radius 2 is 1.45 bits per heavy atom. The third kappa shape index (κ3) is 7.02. The molecule has 19 heteroatoms. The lowest BCUT2D eigenvalue weighted by Gasteiger charge is -2.29. The van der Waals surface area contributed by atoms with Crippen molar-refractivity contribution in [1.82, 2.24) is 63.7 Å². The van der Waals surface area contributed by atoms with Crippen LogP contribution in [-0.2, 0) is 33.1 Å². The molecule has 0 bridgehead atoms. The average molecular weight is 769 g/mol. The zero-order valence-corrected chi connectivity index (χ0v) is 30.5. The molecule has 0 aromatic carbocycles. The molecule has 2 saturated heterocycles. The van der Waals surface area contributed by atoms with Crippen LogP contribution < -0.4 is 9.80 Å². The summed E-state index contributed by atoms with van der Waals surface area (Å²) in [6.45, 7) is 9.56. The number of aryl methyl sites for hydroxylation is 7. The SMILES string of the molecule is Cc1c(Br)cc(C(F)(F)F)c2nc(CCc3nc(N4CCCC4)nn3C)nn12.Cc1cnc(C)n2nc(C=Cc3nc(N4CCC4)nn3C)nc12. The lowest BCUT2D eigenvalue weighted by molar-refractivity contribution is -0.136. The number of pyridine rings is 1. The van der Waals surface area contributed by atoms with Gasteiger partial charge in [-0.1, -0.05) is 0 Å². The first kappa shape index (κ1) is 34.5. The maximum atomic E-state index is 13.4. The highest BCUT2D eigenvalue weighted by atomic mass is 79.9. The number of halogens is 4. The summed E-state index contributed by atoms with van der Waals surface area (Å²) >= 11 is 3.17. The number of rotatable bonds is 7. The summed E-state index contributed by atoms with van der Waals surface area (Å²) in [5.41, 5.74) is 1.41. The standard InChI is InChI=1S/C17H19BrF3N7.C15H18N8/c1-10-12(18)9-11(17(19,20)21)15-22-13(24-28(10)15)5-6-14-23-16(25-26(14)2)27-7-3-4-8-27;1-10-9-16-11(2)23-14(10)17-12(19-23)5-6-13-18-15(20-21(13)3)22-7-4-8-22/h9H,3-8H2,1-2H3;5-6,9H,4,7-8H2,1-3H3. The van der Waals surface area contributed by atoms with Crippen LogP contribution in [0.1, 0.15) is 65.2 Å². The van der Waals surface area contributed by atoms with Gasteiger partial charge in [-0.05, 0) is 74.2 Å². The van der Waals surface area contributed by atoms with E-state index in [1.807, 2.05) is 46.3 Å². The minimum Gasteiger partial charge on any atom is -0.340 e. The lowest BCUT2D eigenvalue weighted by Crippen LogP contribution is -2.37. The van der Waals surface area contributed by atoms with Crippen LogP contribution in [0.2, 0.25) is 0 Å². The van der Waals surface area contributed by atoms with Crippen molar-refractivity contribution in [2.24, 2.45) is 14.1 Å². The van der Waals surface area contributed by atoms with Crippen molar-refractivity contribution < 1.29 is 13.2 Å². The van der Waals surface area contributed by atoms with Gasteiger partial charge in [0.15, 0.2) is 28.8 Å². The summed E-state index contributed by atoms with van der Waals surface area (Å²) in [5, 5.41) is 17.6. The van der Waals surface area contributed by atoms with E-state index in [0.29, 0.717) is 40.6 Å². The number of fused-ring (bicyclic) bond motifs is 2. The maximum Gasteiger partial charge on any atom is 0.420 e. The van der Waals surface area contributed by atoms with Gasteiger partial charge >= 0.3 is 6.18 Å². The molecule has 2 fully saturated rings. The van der Waals surface area contributed by atoms with Crippen LogP contribution in [0.4, 0.5) is 25.1 Å². The minimum atomic E-state index is -4.50. The predicted octanol–water partition coefficient (Wildman–Crippen LogP) is 4.58. The molecule has 0 spiro atoms. The van der Waals surface area contributed by atoms with E-state index in [9.17, 15) is 13.2 Å². The van der Waals surface area contributed by atoms with Gasteiger partial charge in [0.2, 0.25) is 11.9 Å². The van der Waals surface area contributed by atoms with Gasteiger partial charge in [-0.15, -0.1) is 15.3 Å². The fraction of sp³-hybridized carbons (Fsp3) is 0.469. The Bertz CT molecular complexity index is 2200. The minimum absolute atomic E-state index is 0.182. The molecule has 51 heavy (non-hydrogen) atoms. The van der Waals surface area contributed by atoms with Gasteiger partial charge < -0.3 is 9.80 Å². The van der Waals surface area contributed by atoms with E-state index in [0.717, 1.165) is 79.7 Å². The Balaban J connectivity index is 0.000000162. The van der Waals surface area contributed by atoms with Gasteiger partial charge in [-0.3, -0.25) is 4.68 Å². The molecule has 0 unspecified atom stereocenters. The second kappa shape index (κ2) is 13.6. The molecule has 0 radical (unpaired) electrons. The van der Waals surface area contributed by atoms with Crippen molar-refractivity contribution in [3.05, 3.63) is 62.7 Å². The molecule has 6 aromatic rings. The predicted molar refractivity (Wildman–Crippen MR) is 187 cm³/mol. The summed E-state index contributed by atoms with van der Waals surface area (Å²) in [7, 11) is 3.72. The highest BCUT2D eigenvalue weighted by molar-refractivity contribution is 9.10. The molecule has 15 nitrogen and oxygen atoms in total. The van der Waals surface area contributed by atoms with Gasteiger partial charge in [0, 0.05) is 69.3 Å².